The normalized spacial score (nSPS) is 12.8. The second kappa shape index (κ2) is 16.1. The van der Waals surface area contributed by atoms with E-state index in [1.165, 1.54) is 0 Å². The van der Waals surface area contributed by atoms with E-state index in [9.17, 15) is 14.4 Å². The summed E-state index contributed by atoms with van der Waals surface area (Å²) < 4.78 is 5.48. The largest absolute Gasteiger partial charge is 0.444 e. The summed E-state index contributed by atoms with van der Waals surface area (Å²) in [5, 5.41) is 6.23. The topological polar surface area (TPSA) is 87.7 Å². The third-order valence-corrected chi connectivity index (χ3v) is 7.43. The van der Waals surface area contributed by atoms with Crippen molar-refractivity contribution in [1.29, 1.82) is 0 Å². The molecule has 2 rings (SSSR count). The van der Waals surface area contributed by atoms with Crippen molar-refractivity contribution >= 4 is 47.0 Å². The van der Waals surface area contributed by atoms with E-state index >= 15 is 0 Å². The fourth-order valence-electron chi connectivity index (χ4n) is 4.66. The predicted molar refractivity (Wildman–Crippen MR) is 171 cm³/mol. The molecule has 7 nitrogen and oxygen atoms in total. The number of aryl methyl sites for hydroxylation is 3. The van der Waals surface area contributed by atoms with Gasteiger partial charge in [-0.2, -0.15) is 11.8 Å². The van der Waals surface area contributed by atoms with Gasteiger partial charge in [-0.3, -0.25) is 9.59 Å². The van der Waals surface area contributed by atoms with Gasteiger partial charge in [0.15, 0.2) is 0 Å². The van der Waals surface area contributed by atoms with E-state index < -0.39 is 23.8 Å². The molecule has 0 aliphatic heterocycles. The Balaban J connectivity index is 2.61. The van der Waals surface area contributed by atoms with Crippen LogP contribution in [0.25, 0.3) is 0 Å². The van der Waals surface area contributed by atoms with Gasteiger partial charge in [0.1, 0.15) is 17.7 Å². The molecule has 0 radical (unpaired) electrons. The molecule has 0 aliphatic carbocycles. The zero-order valence-electron chi connectivity index (χ0n) is 25.7. The van der Waals surface area contributed by atoms with Crippen LogP contribution >= 0.6 is 23.4 Å². The van der Waals surface area contributed by atoms with Crippen molar-refractivity contribution in [3.8, 4) is 0 Å². The summed E-state index contributed by atoms with van der Waals surface area (Å²) in [5.41, 5.74) is 3.29. The van der Waals surface area contributed by atoms with Gasteiger partial charge in [-0.05, 0) is 83.6 Å². The summed E-state index contributed by atoms with van der Waals surface area (Å²) in [7, 11) is 0. The van der Waals surface area contributed by atoms with E-state index in [0.717, 1.165) is 29.5 Å². The number of thioether (sulfide) groups is 1. The lowest BCUT2D eigenvalue weighted by molar-refractivity contribution is -0.141. The molecule has 0 aliphatic rings. The standard InChI is InChI=1S/C32H46ClN3O4S/c1-9-10-11-16-36(30(38)26(15-17-41-8)34-31(39)40-32(5,6)7)28(24-19-21(2)18-22(3)20-24)29(37)35-27-23(4)13-12-14-25(27)33/h12-14,18-20,26,28H,9-11,15-17H2,1-8H3,(H,34,39)(H,35,37). The van der Waals surface area contributed by atoms with Crippen molar-refractivity contribution in [2.24, 2.45) is 0 Å². The fourth-order valence-corrected chi connectivity index (χ4v) is 5.40. The quantitative estimate of drug-likeness (QED) is 0.230. The average molecular weight is 604 g/mol. The van der Waals surface area contributed by atoms with Crippen LogP contribution < -0.4 is 10.6 Å². The zero-order valence-corrected chi connectivity index (χ0v) is 27.3. The van der Waals surface area contributed by atoms with Crippen molar-refractivity contribution in [3.63, 3.8) is 0 Å². The van der Waals surface area contributed by atoms with Crippen LogP contribution in [0.15, 0.2) is 36.4 Å². The van der Waals surface area contributed by atoms with E-state index in [1.54, 1.807) is 43.5 Å². The van der Waals surface area contributed by atoms with Gasteiger partial charge in [-0.1, -0.05) is 72.8 Å². The minimum atomic E-state index is -0.939. The first-order valence-electron chi connectivity index (χ1n) is 14.2. The number of hydrogen-bond acceptors (Lipinski definition) is 5. The third-order valence-electron chi connectivity index (χ3n) is 6.48. The lowest BCUT2D eigenvalue weighted by Gasteiger charge is -2.35. The van der Waals surface area contributed by atoms with E-state index in [4.69, 9.17) is 16.3 Å². The SMILES string of the molecule is CCCCCN(C(=O)C(CCSC)NC(=O)OC(C)(C)C)C(C(=O)Nc1c(C)cccc1Cl)c1cc(C)cc(C)c1. The third kappa shape index (κ3) is 10.9. The highest BCUT2D eigenvalue weighted by atomic mass is 35.5. The van der Waals surface area contributed by atoms with Gasteiger partial charge in [0.05, 0.1) is 10.7 Å². The summed E-state index contributed by atoms with van der Waals surface area (Å²) in [4.78, 5) is 43.0. The van der Waals surface area contributed by atoms with Gasteiger partial charge in [-0.15, -0.1) is 0 Å². The van der Waals surface area contributed by atoms with Gasteiger partial charge < -0.3 is 20.3 Å². The number of halogens is 1. The number of rotatable bonds is 13. The maximum Gasteiger partial charge on any atom is 0.408 e. The number of amides is 3. The molecule has 2 aromatic rings. The summed E-state index contributed by atoms with van der Waals surface area (Å²) in [6, 6.07) is 9.54. The predicted octanol–water partition coefficient (Wildman–Crippen LogP) is 7.61. The number of nitrogens with zero attached hydrogens (tertiary/aromatic N) is 1. The number of alkyl carbamates (subject to hydrolysis) is 1. The van der Waals surface area contributed by atoms with E-state index in [1.807, 2.05) is 57.4 Å². The Bertz CT molecular complexity index is 1160. The number of hydrogen-bond donors (Lipinski definition) is 2. The molecule has 2 atom stereocenters. The molecule has 41 heavy (non-hydrogen) atoms. The van der Waals surface area contributed by atoms with Gasteiger partial charge in [0.2, 0.25) is 5.91 Å². The molecule has 0 spiro atoms. The number of nitrogens with one attached hydrogen (secondary N) is 2. The van der Waals surface area contributed by atoms with E-state index in [0.29, 0.717) is 41.4 Å². The first kappa shape index (κ1) is 34.5. The summed E-state index contributed by atoms with van der Waals surface area (Å²) in [5.74, 6) is -0.0398. The van der Waals surface area contributed by atoms with Crippen molar-refractivity contribution in [1.82, 2.24) is 10.2 Å². The Hall–Kier alpha value is -2.71. The van der Waals surface area contributed by atoms with Crippen molar-refractivity contribution < 1.29 is 19.1 Å². The molecule has 2 unspecified atom stereocenters. The molecule has 2 aromatic carbocycles. The molecule has 0 aromatic heterocycles. The lowest BCUT2D eigenvalue weighted by Crippen LogP contribution is -2.53. The molecule has 3 amide bonds. The molecule has 2 N–H and O–H groups in total. The highest BCUT2D eigenvalue weighted by molar-refractivity contribution is 7.98. The molecule has 0 heterocycles. The minimum Gasteiger partial charge on any atom is -0.444 e. The zero-order chi connectivity index (χ0) is 30.7. The number of ether oxygens (including phenoxy) is 1. The molecule has 0 bridgehead atoms. The Kier molecular flexibility index (Phi) is 13.5. The maximum atomic E-state index is 14.4. The average Bonchev–Trinajstić information content (AvgIpc) is 2.86. The van der Waals surface area contributed by atoms with Crippen LogP contribution in [0, 0.1) is 20.8 Å². The summed E-state index contributed by atoms with van der Waals surface area (Å²) >= 11 is 8.06. The van der Waals surface area contributed by atoms with Crippen LogP contribution in [-0.2, 0) is 14.3 Å². The second-order valence-electron chi connectivity index (χ2n) is 11.5. The highest BCUT2D eigenvalue weighted by Gasteiger charge is 2.36. The molecule has 0 fully saturated rings. The van der Waals surface area contributed by atoms with Crippen LogP contribution in [0.3, 0.4) is 0 Å². The molecular weight excluding hydrogens is 558 g/mol. The first-order valence-corrected chi connectivity index (χ1v) is 16.0. The second-order valence-corrected chi connectivity index (χ2v) is 12.9. The molecule has 9 heteroatoms. The van der Waals surface area contributed by atoms with Gasteiger partial charge in [0.25, 0.3) is 5.91 Å². The van der Waals surface area contributed by atoms with Gasteiger partial charge >= 0.3 is 6.09 Å². The maximum absolute atomic E-state index is 14.4. The Labute approximate surface area is 255 Å². The summed E-state index contributed by atoms with van der Waals surface area (Å²) in [6.07, 6.45) is 4.24. The Morgan fingerprint density at radius 1 is 1.05 bits per heavy atom. The molecular formula is C32H46ClN3O4S. The number of unbranched alkanes of at least 4 members (excludes halogenated alkanes) is 2. The smallest absolute Gasteiger partial charge is 0.408 e. The number of carbonyl (C=O) groups is 3. The number of para-hydroxylation sites is 1. The lowest BCUT2D eigenvalue weighted by atomic mass is 9.97. The number of benzene rings is 2. The fraction of sp³-hybridized carbons (Fsp3) is 0.531. The van der Waals surface area contributed by atoms with Gasteiger partial charge in [-0.25, -0.2) is 4.79 Å². The van der Waals surface area contributed by atoms with Crippen LogP contribution in [0.2, 0.25) is 5.02 Å². The minimum absolute atomic E-state index is 0.323. The van der Waals surface area contributed by atoms with Crippen molar-refractivity contribution in [3.05, 3.63) is 63.7 Å². The van der Waals surface area contributed by atoms with Crippen LogP contribution in [0.4, 0.5) is 10.5 Å². The molecule has 226 valence electrons. The summed E-state index contributed by atoms with van der Waals surface area (Å²) in [6.45, 7) is 13.6. The number of anilines is 1. The monoisotopic (exact) mass is 603 g/mol. The van der Waals surface area contributed by atoms with Crippen LogP contribution in [0.1, 0.15) is 81.7 Å². The van der Waals surface area contributed by atoms with Crippen molar-refractivity contribution in [2.75, 3.05) is 23.9 Å². The molecule has 0 saturated carbocycles. The Morgan fingerprint density at radius 2 is 1.71 bits per heavy atom. The highest BCUT2D eigenvalue weighted by Crippen LogP contribution is 2.31. The number of carbonyl (C=O) groups excluding carboxylic acids is 3. The van der Waals surface area contributed by atoms with E-state index in [2.05, 4.69) is 17.6 Å². The Morgan fingerprint density at radius 3 is 2.27 bits per heavy atom. The van der Waals surface area contributed by atoms with E-state index in [-0.39, 0.29) is 11.8 Å². The van der Waals surface area contributed by atoms with Crippen molar-refractivity contribution in [2.45, 2.75) is 91.8 Å². The first-order chi connectivity index (χ1) is 19.3. The van der Waals surface area contributed by atoms with Crippen LogP contribution in [-0.4, -0.2) is 53.0 Å². The van der Waals surface area contributed by atoms with Crippen LogP contribution in [0.5, 0.6) is 0 Å². The molecule has 0 saturated heterocycles. The van der Waals surface area contributed by atoms with Gasteiger partial charge in [0, 0.05) is 6.54 Å².